The Hall–Kier alpha value is -1.56. The topological polar surface area (TPSA) is 49.3 Å². The average Bonchev–Trinajstić information content (AvgIpc) is 3.12. The summed E-state index contributed by atoms with van der Waals surface area (Å²) in [4.78, 5) is 12.3. The lowest BCUT2D eigenvalue weighted by atomic mass is 9.88. The number of carbonyl (C=O) groups excluding carboxylic acids is 1. The number of hydrogen-bond donors (Lipinski definition) is 2. The van der Waals surface area contributed by atoms with Crippen molar-refractivity contribution in [2.75, 3.05) is 6.61 Å². The van der Waals surface area contributed by atoms with Crippen molar-refractivity contribution in [3.05, 3.63) is 35.1 Å². The average molecular weight is 313 g/mol. The Morgan fingerprint density at radius 1 is 1.23 bits per heavy atom. The quantitative estimate of drug-likeness (QED) is 0.840. The molecule has 3 rings (SSSR count). The molecular formula is C16H18F3NO2. The molecule has 2 saturated carbocycles. The second-order valence-corrected chi connectivity index (χ2v) is 6.32. The molecular weight excluding hydrogens is 295 g/mol. The van der Waals surface area contributed by atoms with Gasteiger partial charge in [-0.3, -0.25) is 4.79 Å². The lowest BCUT2D eigenvalue weighted by Crippen LogP contribution is -2.37. The van der Waals surface area contributed by atoms with Gasteiger partial charge in [-0.25, -0.2) is 13.2 Å². The zero-order valence-corrected chi connectivity index (χ0v) is 12.0. The molecule has 120 valence electrons. The third-order valence-corrected chi connectivity index (χ3v) is 4.98. The standard InChI is InChI=1S/C16H18F3NO2/c17-12-5-10(6-13(18)15(12)19)14(7-21)20-16(22)11-4-8-1-2-9(11)3-8/h5-6,8-9,11,14,21H,1-4,7H2,(H,20,22). The number of aliphatic hydroxyl groups excluding tert-OH is 1. The summed E-state index contributed by atoms with van der Waals surface area (Å²) >= 11 is 0. The van der Waals surface area contributed by atoms with Gasteiger partial charge in [-0.1, -0.05) is 6.42 Å². The Kier molecular flexibility index (Phi) is 4.12. The molecule has 4 unspecified atom stereocenters. The highest BCUT2D eigenvalue weighted by Crippen LogP contribution is 2.48. The largest absolute Gasteiger partial charge is 0.394 e. The van der Waals surface area contributed by atoms with Crippen LogP contribution in [0.4, 0.5) is 13.2 Å². The molecule has 0 radical (unpaired) electrons. The van der Waals surface area contributed by atoms with E-state index >= 15 is 0 Å². The molecule has 3 nitrogen and oxygen atoms in total. The van der Waals surface area contributed by atoms with Crippen molar-refractivity contribution >= 4 is 5.91 Å². The highest BCUT2D eigenvalue weighted by atomic mass is 19.2. The van der Waals surface area contributed by atoms with E-state index < -0.39 is 30.1 Å². The minimum Gasteiger partial charge on any atom is -0.394 e. The molecule has 2 bridgehead atoms. The van der Waals surface area contributed by atoms with Gasteiger partial charge in [0.05, 0.1) is 12.6 Å². The fourth-order valence-corrected chi connectivity index (χ4v) is 3.86. The van der Waals surface area contributed by atoms with Gasteiger partial charge in [0, 0.05) is 5.92 Å². The predicted molar refractivity (Wildman–Crippen MR) is 73.2 cm³/mol. The lowest BCUT2D eigenvalue weighted by Gasteiger charge is -2.24. The first-order valence-corrected chi connectivity index (χ1v) is 7.55. The first-order valence-electron chi connectivity index (χ1n) is 7.55. The van der Waals surface area contributed by atoms with Crippen LogP contribution in [0.25, 0.3) is 0 Å². The van der Waals surface area contributed by atoms with Crippen LogP contribution in [0.15, 0.2) is 12.1 Å². The Morgan fingerprint density at radius 3 is 2.41 bits per heavy atom. The van der Waals surface area contributed by atoms with Gasteiger partial charge >= 0.3 is 0 Å². The van der Waals surface area contributed by atoms with Gasteiger partial charge in [-0.05, 0) is 48.8 Å². The molecule has 0 aliphatic heterocycles. The van der Waals surface area contributed by atoms with Crippen LogP contribution < -0.4 is 5.32 Å². The molecule has 2 N–H and O–H groups in total. The van der Waals surface area contributed by atoms with E-state index in [2.05, 4.69) is 5.32 Å². The number of benzene rings is 1. The minimum absolute atomic E-state index is 0.0235. The molecule has 22 heavy (non-hydrogen) atoms. The first kappa shape index (κ1) is 15.3. The Labute approximate surface area is 126 Å². The molecule has 1 aromatic rings. The maximum atomic E-state index is 13.3. The first-order chi connectivity index (χ1) is 10.5. The number of nitrogens with one attached hydrogen (secondary N) is 1. The molecule has 2 fully saturated rings. The Balaban J connectivity index is 1.73. The molecule has 1 aromatic carbocycles. The second kappa shape index (κ2) is 5.91. The Morgan fingerprint density at radius 2 is 1.91 bits per heavy atom. The molecule has 2 aliphatic rings. The summed E-state index contributed by atoms with van der Waals surface area (Å²) in [5.41, 5.74) is 0.0235. The van der Waals surface area contributed by atoms with Crippen molar-refractivity contribution in [3.8, 4) is 0 Å². The number of aliphatic hydroxyl groups is 1. The zero-order chi connectivity index (χ0) is 15.9. The minimum atomic E-state index is -1.56. The summed E-state index contributed by atoms with van der Waals surface area (Å²) in [7, 11) is 0. The van der Waals surface area contributed by atoms with E-state index in [0.717, 1.165) is 37.8 Å². The fourth-order valence-electron chi connectivity index (χ4n) is 3.86. The summed E-state index contributed by atoms with van der Waals surface area (Å²) in [5, 5.41) is 12.0. The van der Waals surface area contributed by atoms with Crippen LogP contribution in [0.1, 0.15) is 37.3 Å². The van der Waals surface area contributed by atoms with E-state index in [1.54, 1.807) is 0 Å². The molecule has 2 aliphatic carbocycles. The number of amides is 1. The number of rotatable bonds is 4. The number of hydrogen-bond acceptors (Lipinski definition) is 2. The number of carbonyl (C=O) groups is 1. The molecule has 1 amide bonds. The van der Waals surface area contributed by atoms with Crippen molar-refractivity contribution in [1.82, 2.24) is 5.32 Å². The maximum Gasteiger partial charge on any atom is 0.223 e. The summed E-state index contributed by atoms with van der Waals surface area (Å²) in [6.07, 6.45) is 4.08. The van der Waals surface area contributed by atoms with Gasteiger partial charge in [0.1, 0.15) is 0 Å². The summed E-state index contributed by atoms with van der Waals surface area (Å²) in [6.45, 7) is -0.503. The van der Waals surface area contributed by atoms with Gasteiger partial charge in [-0.15, -0.1) is 0 Å². The zero-order valence-electron chi connectivity index (χ0n) is 12.0. The van der Waals surface area contributed by atoms with E-state index in [4.69, 9.17) is 0 Å². The Bertz CT molecular complexity index is 570. The molecule has 4 atom stereocenters. The predicted octanol–water partition coefficient (Wildman–Crippen LogP) is 2.69. The highest BCUT2D eigenvalue weighted by molar-refractivity contribution is 5.80. The van der Waals surface area contributed by atoms with Gasteiger partial charge < -0.3 is 10.4 Å². The summed E-state index contributed by atoms with van der Waals surface area (Å²) < 4.78 is 39.6. The SMILES string of the molecule is O=C(NC(CO)c1cc(F)c(F)c(F)c1)C1CC2CCC1C2. The van der Waals surface area contributed by atoms with Crippen LogP contribution in [-0.4, -0.2) is 17.6 Å². The number of halogens is 3. The maximum absolute atomic E-state index is 13.3. The monoisotopic (exact) mass is 313 g/mol. The van der Waals surface area contributed by atoms with Gasteiger partial charge in [0.2, 0.25) is 5.91 Å². The molecule has 0 spiro atoms. The third-order valence-electron chi connectivity index (χ3n) is 4.98. The van der Waals surface area contributed by atoms with Crippen molar-refractivity contribution in [2.24, 2.45) is 17.8 Å². The van der Waals surface area contributed by atoms with Gasteiger partial charge in [0.25, 0.3) is 0 Å². The van der Waals surface area contributed by atoms with Crippen LogP contribution in [-0.2, 0) is 4.79 Å². The van der Waals surface area contributed by atoms with Crippen LogP contribution in [0.3, 0.4) is 0 Å². The van der Waals surface area contributed by atoms with Crippen molar-refractivity contribution in [2.45, 2.75) is 31.7 Å². The lowest BCUT2D eigenvalue weighted by molar-refractivity contribution is -0.127. The van der Waals surface area contributed by atoms with Gasteiger partial charge in [0.15, 0.2) is 17.5 Å². The summed E-state index contributed by atoms with van der Waals surface area (Å²) in [5.74, 6) is -3.55. The van der Waals surface area contributed by atoms with Crippen molar-refractivity contribution in [1.29, 1.82) is 0 Å². The van der Waals surface area contributed by atoms with E-state index in [-0.39, 0.29) is 17.4 Å². The van der Waals surface area contributed by atoms with Crippen LogP contribution in [0.2, 0.25) is 0 Å². The molecule has 0 aromatic heterocycles. The van der Waals surface area contributed by atoms with E-state index in [1.165, 1.54) is 0 Å². The van der Waals surface area contributed by atoms with Crippen LogP contribution in [0, 0.1) is 35.2 Å². The number of fused-ring (bicyclic) bond motifs is 2. The summed E-state index contributed by atoms with van der Waals surface area (Å²) in [6, 6.07) is 0.678. The molecule has 6 heteroatoms. The highest BCUT2D eigenvalue weighted by Gasteiger charge is 2.43. The fraction of sp³-hybridized carbons (Fsp3) is 0.562. The van der Waals surface area contributed by atoms with Crippen LogP contribution in [0.5, 0.6) is 0 Å². The van der Waals surface area contributed by atoms with E-state index in [0.29, 0.717) is 11.8 Å². The smallest absolute Gasteiger partial charge is 0.223 e. The van der Waals surface area contributed by atoms with Gasteiger partial charge in [-0.2, -0.15) is 0 Å². The van der Waals surface area contributed by atoms with E-state index in [1.807, 2.05) is 0 Å². The third kappa shape index (κ3) is 2.72. The van der Waals surface area contributed by atoms with Crippen LogP contribution >= 0.6 is 0 Å². The molecule has 0 heterocycles. The molecule has 0 saturated heterocycles. The second-order valence-electron chi connectivity index (χ2n) is 6.32. The normalized spacial score (nSPS) is 27.9. The van der Waals surface area contributed by atoms with Crippen molar-refractivity contribution in [3.63, 3.8) is 0 Å². The van der Waals surface area contributed by atoms with Crippen molar-refractivity contribution < 1.29 is 23.1 Å². The van der Waals surface area contributed by atoms with E-state index in [9.17, 15) is 23.1 Å².